The first-order valence-electron chi connectivity index (χ1n) is 6.86. The van der Waals surface area contributed by atoms with Crippen molar-refractivity contribution in [3.8, 4) is 0 Å². The van der Waals surface area contributed by atoms with E-state index >= 15 is 0 Å². The van der Waals surface area contributed by atoms with E-state index in [2.05, 4.69) is 21.4 Å². The maximum atomic E-state index is 11.5. The number of aryl methyl sites for hydroxylation is 1. The van der Waals surface area contributed by atoms with Crippen LogP contribution in [0.4, 0.5) is 0 Å². The highest BCUT2D eigenvalue weighted by atomic mass is 32.2. The highest BCUT2D eigenvalue weighted by Crippen LogP contribution is 2.21. The SMILES string of the molecule is CCn1cncc1C(CN)N1CCN(S(C)(=O)=O)CC1. The normalized spacial score (nSPS) is 20.1. The van der Waals surface area contributed by atoms with Crippen molar-refractivity contribution in [2.75, 3.05) is 39.0 Å². The predicted molar refractivity (Wildman–Crippen MR) is 77.7 cm³/mol. The van der Waals surface area contributed by atoms with Crippen LogP contribution in [0.25, 0.3) is 0 Å². The van der Waals surface area contributed by atoms with Crippen molar-refractivity contribution in [1.82, 2.24) is 18.8 Å². The Hall–Kier alpha value is -0.960. The van der Waals surface area contributed by atoms with E-state index in [0.29, 0.717) is 32.7 Å². The van der Waals surface area contributed by atoms with E-state index in [-0.39, 0.29) is 6.04 Å². The van der Waals surface area contributed by atoms with Crippen LogP contribution in [-0.4, -0.2) is 66.2 Å². The van der Waals surface area contributed by atoms with Gasteiger partial charge in [-0.15, -0.1) is 0 Å². The molecule has 8 heteroatoms. The van der Waals surface area contributed by atoms with Crippen molar-refractivity contribution in [2.45, 2.75) is 19.5 Å². The van der Waals surface area contributed by atoms with Gasteiger partial charge in [0.2, 0.25) is 10.0 Å². The van der Waals surface area contributed by atoms with Crippen LogP contribution in [0.3, 0.4) is 0 Å². The second-order valence-corrected chi connectivity index (χ2v) is 7.04. The molecule has 1 atom stereocenters. The summed E-state index contributed by atoms with van der Waals surface area (Å²) in [5, 5.41) is 0. The van der Waals surface area contributed by atoms with Crippen molar-refractivity contribution in [1.29, 1.82) is 0 Å². The van der Waals surface area contributed by atoms with Crippen molar-refractivity contribution < 1.29 is 8.42 Å². The summed E-state index contributed by atoms with van der Waals surface area (Å²) in [5.74, 6) is 0. The van der Waals surface area contributed by atoms with Gasteiger partial charge in [-0.05, 0) is 6.92 Å². The second-order valence-electron chi connectivity index (χ2n) is 5.05. The average Bonchev–Trinajstić information content (AvgIpc) is 2.87. The summed E-state index contributed by atoms with van der Waals surface area (Å²) < 4.78 is 26.7. The maximum Gasteiger partial charge on any atom is 0.211 e. The highest BCUT2D eigenvalue weighted by molar-refractivity contribution is 7.88. The molecule has 2 rings (SSSR count). The summed E-state index contributed by atoms with van der Waals surface area (Å²) in [5.41, 5.74) is 7.02. The van der Waals surface area contributed by atoms with E-state index in [4.69, 9.17) is 5.73 Å². The topological polar surface area (TPSA) is 84.5 Å². The maximum absolute atomic E-state index is 11.5. The van der Waals surface area contributed by atoms with Gasteiger partial charge in [0.15, 0.2) is 0 Å². The first-order valence-corrected chi connectivity index (χ1v) is 8.71. The van der Waals surface area contributed by atoms with Crippen molar-refractivity contribution in [3.05, 3.63) is 18.2 Å². The third kappa shape index (κ3) is 3.20. The van der Waals surface area contributed by atoms with Gasteiger partial charge in [-0.3, -0.25) is 4.90 Å². The van der Waals surface area contributed by atoms with Crippen LogP contribution in [-0.2, 0) is 16.6 Å². The standard InChI is InChI=1S/C12H23N5O2S/c1-3-15-10-14-9-12(15)11(8-13)16-4-6-17(7-5-16)20(2,18)19/h9-11H,3-8,13H2,1-2H3. The van der Waals surface area contributed by atoms with Crippen molar-refractivity contribution >= 4 is 10.0 Å². The Kier molecular flexibility index (Phi) is 4.79. The highest BCUT2D eigenvalue weighted by Gasteiger charge is 2.29. The van der Waals surface area contributed by atoms with Crippen molar-refractivity contribution in [2.24, 2.45) is 5.73 Å². The Morgan fingerprint density at radius 2 is 2.00 bits per heavy atom. The lowest BCUT2D eigenvalue weighted by Gasteiger charge is -2.38. The summed E-state index contributed by atoms with van der Waals surface area (Å²) in [4.78, 5) is 6.43. The summed E-state index contributed by atoms with van der Waals surface area (Å²) in [6, 6.07) is 0.0964. The number of nitrogens with zero attached hydrogens (tertiary/aromatic N) is 4. The van der Waals surface area contributed by atoms with E-state index < -0.39 is 10.0 Å². The Morgan fingerprint density at radius 1 is 1.35 bits per heavy atom. The zero-order valence-electron chi connectivity index (χ0n) is 12.1. The molecule has 2 heterocycles. The van der Waals surface area contributed by atoms with Crippen LogP contribution in [0.2, 0.25) is 0 Å². The summed E-state index contributed by atoms with van der Waals surface area (Å²) in [6.45, 7) is 5.87. The quantitative estimate of drug-likeness (QED) is 0.791. The molecular weight excluding hydrogens is 278 g/mol. The molecule has 0 bridgehead atoms. The predicted octanol–water partition coefficient (Wildman–Crippen LogP) is -0.520. The fraction of sp³-hybridized carbons (Fsp3) is 0.750. The summed E-state index contributed by atoms with van der Waals surface area (Å²) in [6.07, 6.45) is 4.92. The smallest absolute Gasteiger partial charge is 0.211 e. The number of hydrogen-bond donors (Lipinski definition) is 1. The number of aromatic nitrogens is 2. The third-order valence-corrected chi connectivity index (χ3v) is 5.14. The molecule has 0 amide bonds. The Morgan fingerprint density at radius 3 is 2.50 bits per heavy atom. The molecule has 1 saturated heterocycles. The zero-order valence-corrected chi connectivity index (χ0v) is 12.9. The molecular formula is C12H23N5O2S. The van der Waals surface area contributed by atoms with Gasteiger partial charge in [0.05, 0.1) is 24.3 Å². The molecule has 0 saturated carbocycles. The molecule has 0 aliphatic carbocycles. The molecule has 2 N–H and O–H groups in total. The number of hydrogen-bond acceptors (Lipinski definition) is 5. The van der Waals surface area contributed by atoms with Gasteiger partial charge in [0.1, 0.15) is 0 Å². The van der Waals surface area contributed by atoms with Crippen LogP contribution in [0.15, 0.2) is 12.5 Å². The number of piperazine rings is 1. The minimum Gasteiger partial charge on any atom is -0.333 e. The molecule has 1 aromatic heterocycles. The molecule has 0 spiro atoms. The third-order valence-electron chi connectivity index (χ3n) is 3.83. The molecule has 0 radical (unpaired) electrons. The number of sulfonamides is 1. The van der Waals surface area contributed by atoms with Crippen LogP contribution < -0.4 is 5.73 Å². The molecule has 7 nitrogen and oxygen atoms in total. The van der Waals surface area contributed by atoms with Gasteiger partial charge in [-0.2, -0.15) is 4.31 Å². The van der Waals surface area contributed by atoms with E-state index in [9.17, 15) is 8.42 Å². The lowest BCUT2D eigenvalue weighted by molar-refractivity contribution is 0.136. The largest absolute Gasteiger partial charge is 0.333 e. The van der Waals surface area contributed by atoms with Gasteiger partial charge < -0.3 is 10.3 Å². The molecule has 20 heavy (non-hydrogen) atoms. The number of rotatable bonds is 5. The average molecular weight is 301 g/mol. The molecule has 1 aliphatic heterocycles. The first kappa shape index (κ1) is 15.4. The number of imidazole rings is 1. The van der Waals surface area contributed by atoms with E-state index in [1.807, 2.05) is 12.5 Å². The summed E-state index contributed by atoms with van der Waals surface area (Å²) in [7, 11) is -3.09. The monoisotopic (exact) mass is 301 g/mol. The molecule has 1 aliphatic rings. The molecule has 0 aromatic carbocycles. The second kappa shape index (κ2) is 6.21. The molecule has 114 valence electrons. The van der Waals surface area contributed by atoms with Crippen molar-refractivity contribution in [3.63, 3.8) is 0 Å². The lowest BCUT2D eigenvalue weighted by Crippen LogP contribution is -2.50. The van der Waals surface area contributed by atoms with Gasteiger partial charge in [0, 0.05) is 45.5 Å². The molecule has 1 unspecified atom stereocenters. The van der Waals surface area contributed by atoms with Crippen LogP contribution >= 0.6 is 0 Å². The van der Waals surface area contributed by atoms with Gasteiger partial charge >= 0.3 is 0 Å². The van der Waals surface area contributed by atoms with Crippen LogP contribution in [0, 0.1) is 0 Å². The van der Waals surface area contributed by atoms with Crippen LogP contribution in [0.1, 0.15) is 18.7 Å². The molecule has 1 aromatic rings. The Bertz CT molecular complexity index is 534. The van der Waals surface area contributed by atoms with Gasteiger partial charge in [0.25, 0.3) is 0 Å². The lowest BCUT2D eigenvalue weighted by atomic mass is 10.1. The molecule has 1 fully saturated rings. The Labute approximate surface area is 120 Å². The fourth-order valence-electron chi connectivity index (χ4n) is 2.68. The Balaban J connectivity index is 2.08. The zero-order chi connectivity index (χ0) is 14.8. The van der Waals surface area contributed by atoms with Crippen LogP contribution in [0.5, 0.6) is 0 Å². The van der Waals surface area contributed by atoms with E-state index in [1.165, 1.54) is 10.6 Å². The minimum atomic E-state index is -3.09. The fourth-order valence-corrected chi connectivity index (χ4v) is 3.50. The number of nitrogens with two attached hydrogens (primary N) is 1. The van der Waals surface area contributed by atoms with E-state index in [0.717, 1.165) is 12.2 Å². The van der Waals surface area contributed by atoms with Gasteiger partial charge in [-0.25, -0.2) is 13.4 Å². The summed E-state index contributed by atoms with van der Waals surface area (Å²) >= 11 is 0. The van der Waals surface area contributed by atoms with E-state index in [1.54, 1.807) is 0 Å². The minimum absolute atomic E-state index is 0.0964. The first-order chi connectivity index (χ1) is 9.47. The van der Waals surface area contributed by atoms with Gasteiger partial charge in [-0.1, -0.05) is 0 Å².